The van der Waals surface area contributed by atoms with Gasteiger partial charge in [-0.15, -0.1) is 0 Å². The maximum Gasteiger partial charge on any atom is 0.0536 e. The summed E-state index contributed by atoms with van der Waals surface area (Å²) in [4.78, 5) is 0. The summed E-state index contributed by atoms with van der Waals surface area (Å²) in [5, 5.41) is 0.543. The zero-order valence-electron chi connectivity index (χ0n) is 11.4. The molecule has 1 rings (SSSR count). The third kappa shape index (κ3) is 1.31. The van der Waals surface area contributed by atoms with Crippen LogP contribution >= 0.6 is 0 Å². The van der Waals surface area contributed by atoms with Gasteiger partial charge >= 0.3 is 0 Å². The Morgan fingerprint density at radius 2 is 1.29 bits per heavy atom. The van der Waals surface area contributed by atoms with Gasteiger partial charge in [-0.25, -0.2) is 0 Å². The van der Waals surface area contributed by atoms with Gasteiger partial charge in [-0.2, -0.15) is 0 Å². The minimum absolute atomic E-state index is 0.466. The van der Waals surface area contributed by atoms with Gasteiger partial charge in [0.15, 0.2) is 0 Å². The van der Waals surface area contributed by atoms with Crippen LogP contribution in [0.25, 0.3) is 0 Å². The zero-order valence-corrected chi connectivity index (χ0v) is 12.4. The van der Waals surface area contributed by atoms with Gasteiger partial charge in [0.2, 0.25) is 0 Å². The molecule has 0 nitrogen and oxygen atoms in total. The second kappa shape index (κ2) is 2.87. The molecule has 0 aromatic carbocycles. The largest absolute Gasteiger partial charge is 0.0689 e. The van der Waals surface area contributed by atoms with Crippen LogP contribution in [0.2, 0.25) is 24.2 Å². The Morgan fingerprint density at radius 1 is 0.857 bits per heavy atom. The summed E-state index contributed by atoms with van der Waals surface area (Å²) in [6.45, 7) is 20.1. The summed E-state index contributed by atoms with van der Waals surface area (Å²) in [7, 11) is -1.04. The van der Waals surface area contributed by atoms with E-state index in [1.807, 2.05) is 0 Å². The van der Waals surface area contributed by atoms with Crippen LogP contribution in [0.3, 0.4) is 0 Å². The molecule has 0 bridgehead atoms. The van der Waals surface area contributed by atoms with Crippen molar-refractivity contribution in [3.8, 4) is 0 Å². The van der Waals surface area contributed by atoms with Gasteiger partial charge in [0.1, 0.15) is 0 Å². The van der Waals surface area contributed by atoms with Crippen molar-refractivity contribution in [2.75, 3.05) is 0 Å². The highest BCUT2D eigenvalue weighted by atomic mass is 28.3. The predicted octanol–water partition coefficient (Wildman–Crippen LogP) is 4.93. The third-order valence-electron chi connectivity index (χ3n) is 6.32. The molecule has 1 heteroatoms. The van der Waals surface area contributed by atoms with E-state index in [1.165, 1.54) is 12.5 Å². The summed E-state index contributed by atoms with van der Waals surface area (Å²) in [6, 6.07) is 1.50. The average molecular weight is 212 g/mol. The van der Waals surface area contributed by atoms with Crippen LogP contribution in [-0.2, 0) is 0 Å². The molecule has 0 aromatic rings. The highest BCUT2D eigenvalue weighted by Crippen LogP contribution is 2.66. The molecule has 0 unspecified atom stereocenters. The molecule has 84 valence electrons. The Morgan fingerprint density at radius 3 is 1.64 bits per heavy atom. The van der Waals surface area contributed by atoms with Crippen LogP contribution in [0.5, 0.6) is 0 Å². The van der Waals surface area contributed by atoms with Gasteiger partial charge in [0, 0.05) is 0 Å². The summed E-state index contributed by atoms with van der Waals surface area (Å²) in [5.74, 6) is 0. The molecular weight excluding hydrogens is 184 g/mol. The van der Waals surface area contributed by atoms with E-state index in [9.17, 15) is 0 Å². The summed E-state index contributed by atoms with van der Waals surface area (Å²) < 4.78 is 0. The van der Waals surface area contributed by atoms with Crippen molar-refractivity contribution in [1.82, 2.24) is 0 Å². The molecule has 0 atom stereocenters. The van der Waals surface area contributed by atoms with E-state index in [0.29, 0.717) is 15.9 Å². The Balaban J connectivity index is 3.20. The zero-order chi connectivity index (χ0) is 11.4. The van der Waals surface area contributed by atoms with E-state index in [-0.39, 0.29) is 0 Å². The molecule has 1 heterocycles. The Bertz CT molecular complexity index is 208. The first-order valence-electron chi connectivity index (χ1n) is 5.96. The fourth-order valence-electron chi connectivity index (χ4n) is 2.94. The lowest BCUT2D eigenvalue weighted by atomic mass is 9.60. The maximum atomic E-state index is 2.57. The SMILES string of the molecule is CC1(C)CC[Si](C)(C)C(C)(C)C1(C)C. The van der Waals surface area contributed by atoms with Crippen molar-refractivity contribution in [3.63, 3.8) is 0 Å². The van der Waals surface area contributed by atoms with Gasteiger partial charge in [-0.1, -0.05) is 60.7 Å². The van der Waals surface area contributed by atoms with Gasteiger partial charge in [-0.05, 0) is 22.3 Å². The standard InChI is InChI=1S/C13H28Si/c1-11(2)9-10-14(7,8)13(5,6)12(11,3)4/h9-10H2,1-8H3. The molecule has 0 radical (unpaired) electrons. The third-order valence-corrected chi connectivity index (χ3v) is 11.8. The maximum absolute atomic E-state index is 2.57. The van der Waals surface area contributed by atoms with Crippen molar-refractivity contribution in [1.29, 1.82) is 0 Å². The Labute approximate surface area is 91.5 Å². The van der Waals surface area contributed by atoms with Crippen molar-refractivity contribution in [3.05, 3.63) is 0 Å². The number of rotatable bonds is 0. The smallest absolute Gasteiger partial charge is 0.0536 e. The van der Waals surface area contributed by atoms with Gasteiger partial charge in [-0.3, -0.25) is 0 Å². The van der Waals surface area contributed by atoms with Crippen molar-refractivity contribution >= 4 is 8.07 Å². The molecule has 1 aliphatic heterocycles. The normalized spacial score (nSPS) is 32.6. The molecule has 1 saturated heterocycles. The van der Waals surface area contributed by atoms with E-state index in [4.69, 9.17) is 0 Å². The molecular formula is C13H28Si. The van der Waals surface area contributed by atoms with Crippen LogP contribution in [0.15, 0.2) is 0 Å². The highest BCUT2D eigenvalue weighted by Gasteiger charge is 2.58. The quantitative estimate of drug-likeness (QED) is 0.499. The van der Waals surface area contributed by atoms with Crippen LogP contribution in [0.4, 0.5) is 0 Å². The average Bonchev–Trinajstić information content (AvgIpc) is 1.98. The lowest BCUT2D eigenvalue weighted by molar-refractivity contribution is 0.0424. The molecule has 0 saturated carbocycles. The summed E-state index contributed by atoms with van der Waals surface area (Å²) in [6.07, 6.45) is 1.42. The van der Waals surface area contributed by atoms with E-state index < -0.39 is 8.07 Å². The topological polar surface area (TPSA) is 0 Å². The van der Waals surface area contributed by atoms with Crippen LogP contribution < -0.4 is 0 Å². The van der Waals surface area contributed by atoms with Gasteiger partial charge in [0.05, 0.1) is 8.07 Å². The summed E-state index contributed by atoms with van der Waals surface area (Å²) in [5.41, 5.74) is 0.965. The second-order valence-electron chi connectivity index (χ2n) is 7.52. The van der Waals surface area contributed by atoms with E-state index >= 15 is 0 Å². The molecule has 14 heavy (non-hydrogen) atoms. The van der Waals surface area contributed by atoms with E-state index in [2.05, 4.69) is 54.6 Å². The molecule has 0 amide bonds. The fourth-order valence-corrected chi connectivity index (χ4v) is 6.85. The Kier molecular flexibility index (Phi) is 2.52. The first-order chi connectivity index (χ1) is 5.96. The highest BCUT2D eigenvalue weighted by molar-refractivity contribution is 6.80. The van der Waals surface area contributed by atoms with Gasteiger partial charge in [0.25, 0.3) is 0 Å². The van der Waals surface area contributed by atoms with E-state index in [0.717, 1.165) is 0 Å². The monoisotopic (exact) mass is 212 g/mol. The number of hydrogen-bond donors (Lipinski definition) is 0. The summed E-state index contributed by atoms with van der Waals surface area (Å²) >= 11 is 0. The van der Waals surface area contributed by atoms with Crippen LogP contribution in [0.1, 0.15) is 48.0 Å². The van der Waals surface area contributed by atoms with Crippen molar-refractivity contribution in [2.24, 2.45) is 10.8 Å². The first-order valence-corrected chi connectivity index (χ1v) is 9.16. The van der Waals surface area contributed by atoms with Crippen molar-refractivity contribution in [2.45, 2.75) is 72.1 Å². The Hall–Kier alpha value is 0.217. The second-order valence-corrected chi connectivity index (χ2v) is 13.0. The fraction of sp³-hybridized carbons (Fsp3) is 1.00. The molecule has 0 N–H and O–H groups in total. The van der Waals surface area contributed by atoms with Crippen LogP contribution in [-0.4, -0.2) is 8.07 Å². The predicted molar refractivity (Wildman–Crippen MR) is 68.5 cm³/mol. The number of hydrogen-bond acceptors (Lipinski definition) is 0. The molecule has 0 aromatic heterocycles. The lowest BCUT2D eigenvalue weighted by Gasteiger charge is -2.63. The minimum atomic E-state index is -1.04. The van der Waals surface area contributed by atoms with Crippen LogP contribution in [0, 0.1) is 10.8 Å². The van der Waals surface area contributed by atoms with Gasteiger partial charge < -0.3 is 0 Å². The van der Waals surface area contributed by atoms with Crippen molar-refractivity contribution < 1.29 is 0 Å². The lowest BCUT2D eigenvalue weighted by Crippen LogP contribution is -2.57. The minimum Gasteiger partial charge on any atom is -0.0689 e. The molecule has 0 spiro atoms. The molecule has 0 aliphatic carbocycles. The molecule has 1 fully saturated rings. The molecule has 1 aliphatic rings. The first kappa shape index (κ1) is 12.3. The van der Waals surface area contributed by atoms with E-state index in [1.54, 1.807) is 0 Å².